The van der Waals surface area contributed by atoms with Crippen molar-refractivity contribution >= 4 is 0 Å². The third kappa shape index (κ3) is 3.23. The van der Waals surface area contributed by atoms with E-state index in [1.54, 1.807) is 0 Å². The molecule has 1 N–H and O–H groups in total. The summed E-state index contributed by atoms with van der Waals surface area (Å²) in [6, 6.07) is 4.09. The lowest BCUT2D eigenvalue weighted by atomic mass is 9.99. The van der Waals surface area contributed by atoms with Gasteiger partial charge in [-0.1, -0.05) is 23.8 Å². The summed E-state index contributed by atoms with van der Waals surface area (Å²) in [5, 5.41) is 2.31. The van der Waals surface area contributed by atoms with Gasteiger partial charge in [-0.3, -0.25) is 0 Å². The summed E-state index contributed by atoms with van der Waals surface area (Å²) in [6.07, 6.45) is -4.22. The SMILES string of the molecule is CNC(Cc1cc(C)ccc1C)C(F)(F)F. The first-order chi connectivity index (χ1) is 7.34. The van der Waals surface area contributed by atoms with E-state index < -0.39 is 12.2 Å². The minimum absolute atomic E-state index is 0.0203. The van der Waals surface area contributed by atoms with Crippen molar-refractivity contribution in [3.8, 4) is 0 Å². The van der Waals surface area contributed by atoms with Gasteiger partial charge in [-0.25, -0.2) is 0 Å². The number of benzene rings is 1. The Balaban J connectivity index is 2.90. The van der Waals surface area contributed by atoms with Crippen molar-refractivity contribution in [2.24, 2.45) is 0 Å². The Morgan fingerprint density at radius 3 is 2.38 bits per heavy atom. The molecule has 1 nitrogen and oxygen atoms in total. The molecule has 0 spiro atoms. The van der Waals surface area contributed by atoms with Crippen LogP contribution in [0.4, 0.5) is 13.2 Å². The maximum Gasteiger partial charge on any atom is 0.404 e. The smallest absolute Gasteiger partial charge is 0.309 e. The predicted octanol–water partition coefficient (Wildman–Crippen LogP) is 3.00. The summed E-state index contributed by atoms with van der Waals surface area (Å²) in [5.41, 5.74) is 2.63. The van der Waals surface area contributed by atoms with Crippen molar-refractivity contribution in [3.05, 3.63) is 34.9 Å². The molecule has 0 bridgehead atoms. The lowest BCUT2D eigenvalue weighted by Crippen LogP contribution is -2.41. The van der Waals surface area contributed by atoms with E-state index in [2.05, 4.69) is 5.32 Å². The van der Waals surface area contributed by atoms with Crippen LogP contribution in [0, 0.1) is 13.8 Å². The quantitative estimate of drug-likeness (QED) is 0.843. The molecule has 1 aromatic carbocycles. The summed E-state index contributed by atoms with van der Waals surface area (Å²) < 4.78 is 37.7. The van der Waals surface area contributed by atoms with E-state index >= 15 is 0 Å². The molecule has 0 aliphatic carbocycles. The Hall–Kier alpha value is -1.03. The van der Waals surface area contributed by atoms with Crippen LogP contribution >= 0.6 is 0 Å². The van der Waals surface area contributed by atoms with Crippen LogP contribution < -0.4 is 5.32 Å². The van der Waals surface area contributed by atoms with E-state index in [1.165, 1.54) is 7.05 Å². The molecule has 0 fully saturated rings. The van der Waals surface area contributed by atoms with Crippen LogP contribution in [-0.2, 0) is 6.42 Å². The number of halogens is 3. The Morgan fingerprint density at radius 2 is 1.88 bits per heavy atom. The monoisotopic (exact) mass is 231 g/mol. The van der Waals surface area contributed by atoms with Crippen LogP contribution in [0.3, 0.4) is 0 Å². The zero-order chi connectivity index (χ0) is 12.3. The second-order valence-corrected chi connectivity index (χ2v) is 4.02. The van der Waals surface area contributed by atoms with Gasteiger partial charge in [0.15, 0.2) is 0 Å². The fraction of sp³-hybridized carbons (Fsp3) is 0.500. The van der Waals surface area contributed by atoms with Crippen molar-refractivity contribution in [3.63, 3.8) is 0 Å². The highest BCUT2D eigenvalue weighted by atomic mass is 19.4. The van der Waals surface area contributed by atoms with Crippen LogP contribution in [0.1, 0.15) is 16.7 Å². The normalized spacial score (nSPS) is 13.9. The number of nitrogens with one attached hydrogen (secondary N) is 1. The number of alkyl halides is 3. The molecule has 1 aromatic rings. The van der Waals surface area contributed by atoms with Crippen molar-refractivity contribution in [1.29, 1.82) is 0 Å². The molecule has 0 amide bonds. The molecule has 16 heavy (non-hydrogen) atoms. The van der Waals surface area contributed by atoms with Gasteiger partial charge in [0.2, 0.25) is 0 Å². The average molecular weight is 231 g/mol. The molecule has 0 saturated carbocycles. The Bertz CT molecular complexity index is 358. The first-order valence-corrected chi connectivity index (χ1v) is 5.14. The molecule has 0 aliphatic heterocycles. The lowest BCUT2D eigenvalue weighted by molar-refractivity contribution is -0.154. The fourth-order valence-electron chi connectivity index (χ4n) is 1.62. The summed E-state index contributed by atoms with van der Waals surface area (Å²) >= 11 is 0. The van der Waals surface area contributed by atoms with Gasteiger partial charge in [-0.15, -0.1) is 0 Å². The number of likely N-dealkylation sites (N-methyl/N-ethyl adjacent to an activating group) is 1. The second kappa shape index (κ2) is 4.87. The predicted molar refractivity (Wildman–Crippen MR) is 58.5 cm³/mol. The number of hydrogen-bond acceptors (Lipinski definition) is 1. The van der Waals surface area contributed by atoms with E-state index in [0.29, 0.717) is 0 Å². The third-order valence-corrected chi connectivity index (χ3v) is 2.67. The van der Waals surface area contributed by atoms with Crippen LogP contribution in [0.25, 0.3) is 0 Å². The average Bonchev–Trinajstić information content (AvgIpc) is 2.17. The minimum atomic E-state index is -4.20. The molecule has 4 heteroatoms. The van der Waals surface area contributed by atoms with Crippen LogP contribution in [-0.4, -0.2) is 19.3 Å². The van der Waals surface area contributed by atoms with Gasteiger partial charge in [0.1, 0.15) is 6.04 Å². The third-order valence-electron chi connectivity index (χ3n) is 2.67. The maximum absolute atomic E-state index is 12.6. The Kier molecular flexibility index (Phi) is 3.97. The molecule has 0 saturated heterocycles. The largest absolute Gasteiger partial charge is 0.404 e. The van der Waals surface area contributed by atoms with Crippen molar-refractivity contribution in [2.75, 3.05) is 7.05 Å². The molecular weight excluding hydrogens is 215 g/mol. The molecule has 0 aliphatic rings. The standard InChI is InChI=1S/C12H16F3N/c1-8-4-5-9(2)10(6-8)7-11(16-3)12(13,14)15/h4-6,11,16H,7H2,1-3H3. The van der Waals surface area contributed by atoms with Gasteiger partial charge in [0.25, 0.3) is 0 Å². The first-order valence-electron chi connectivity index (χ1n) is 5.14. The number of hydrogen-bond donors (Lipinski definition) is 1. The first kappa shape index (κ1) is 13.0. The maximum atomic E-state index is 12.6. The molecule has 0 heterocycles. The molecule has 1 atom stereocenters. The zero-order valence-electron chi connectivity index (χ0n) is 9.65. The van der Waals surface area contributed by atoms with Gasteiger partial charge < -0.3 is 5.32 Å². The highest BCUT2D eigenvalue weighted by Crippen LogP contribution is 2.24. The van der Waals surface area contributed by atoms with Gasteiger partial charge in [-0.2, -0.15) is 13.2 Å². The molecule has 0 aromatic heterocycles. The lowest BCUT2D eigenvalue weighted by Gasteiger charge is -2.20. The van der Waals surface area contributed by atoms with E-state index in [1.807, 2.05) is 32.0 Å². The van der Waals surface area contributed by atoms with E-state index in [-0.39, 0.29) is 6.42 Å². The highest BCUT2D eigenvalue weighted by molar-refractivity contribution is 5.31. The summed E-state index contributed by atoms with van der Waals surface area (Å²) in [4.78, 5) is 0. The van der Waals surface area contributed by atoms with Gasteiger partial charge in [0.05, 0.1) is 0 Å². The zero-order valence-corrected chi connectivity index (χ0v) is 9.65. The van der Waals surface area contributed by atoms with Crippen molar-refractivity contribution in [1.82, 2.24) is 5.32 Å². The topological polar surface area (TPSA) is 12.0 Å². The van der Waals surface area contributed by atoms with Crippen molar-refractivity contribution < 1.29 is 13.2 Å². The van der Waals surface area contributed by atoms with E-state index in [4.69, 9.17) is 0 Å². The van der Waals surface area contributed by atoms with Gasteiger partial charge in [-0.05, 0) is 38.4 Å². The molecule has 90 valence electrons. The van der Waals surface area contributed by atoms with Gasteiger partial charge in [0, 0.05) is 0 Å². The molecule has 1 rings (SSSR count). The highest BCUT2D eigenvalue weighted by Gasteiger charge is 2.38. The number of aryl methyl sites for hydroxylation is 2. The van der Waals surface area contributed by atoms with Crippen molar-refractivity contribution in [2.45, 2.75) is 32.5 Å². The minimum Gasteiger partial charge on any atom is -0.309 e. The molecule has 1 unspecified atom stereocenters. The van der Waals surface area contributed by atoms with Gasteiger partial charge >= 0.3 is 6.18 Å². The summed E-state index contributed by atoms with van der Waals surface area (Å²) in [5.74, 6) is 0. The molecular formula is C12H16F3N. The van der Waals surface area contributed by atoms with Crippen LogP contribution in [0.5, 0.6) is 0 Å². The number of rotatable bonds is 3. The molecule has 0 radical (unpaired) electrons. The van der Waals surface area contributed by atoms with E-state index in [9.17, 15) is 13.2 Å². The fourth-order valence-corrected chi connectivity index (χ4v) is 1.62. The summed E-state index contributed by atoms with van der Waals surface area (Å²) in [6.45, 7) is 3.71. The van der Waals surface area contributed by atoms with Crippen LogP contribution in [0.15, 0.2) is 18.2 Å². The summed E-state index contributed by atoms with van der Waals surface area (Å²) in [7, 11) is 1.34. The second-order valence-electron chi connectivity index (χ2n) is 4.02. The Labute approximate surface area is 93.7 Å². The van der Waals surface area contributed by atoms with Crippen LogP contribution in [0.2, 0.25) is 0 Å². The Morgan fingerprint density at radius 1 is 1.25 bits per heavy atom. The van der Waals surface area contributed by atoms with E-state index in [0.717, 1.165) is 16.7 Å².